The Bertz CT molecular complexity index is 1100. The highest BCUT2D eigenvalue weighted by Gasteiger charge is 2.35. The Hall–Kier alpha value is -2.68. The predicted octanol–water partition coefficient (Wildman–Crippen LogP) is 0.763. The Morgan fingerprint density at radius 2 is 1.75 bits per heavy atom. The summed E-state index contributed by atoms with van der Waals surface area (Å²) >= 11 is 0. The van der Waals surface area contributed by atoms with Crippen LogP contribution in [0.15, 0.2) is 44.6 Å². The van der Waals surface area contributed by atoms with Gasteiger partial charge in [-0.15, -0.1) is 6.42 Å². The molecule has 0 aliphatic carbocycles. The third-order valence-corrected chi connectivity index (χ3v) is 7.67. The zero-order chi connectivity index (χ0) is 21.1. The van der Waals surface area contributed by atoms with Crippen LogP contribution in [0, 0.1) is 26.2 Å². The van der Waals surface area contributed by atoms with Crippen LogP contribution in [0.3, 0.4) is 0 Å². The molecule has 0 aliphatic heterocycles. The van der Waals surface area contributed by atoms with E-state index in [9.17, 15) is 21.6 Å². The van der Waals surface area contributed by atoms with Crippen LogP contribution < -0.4 is 0 Å². The molecule has 11 heteroatoms. The van der Waals surface area contributed by atoms with Gasteiger partial charge in [0.15, 0.2) is 10.7 Å². The number of hydrogen-bond donors (Lipinski definition) is 0. The van der Waals surface area contributed by atoms with E-state index in [2.05, 4.69) is 11.1 Å². The van der Waals surface area contributed by atoms with Gasteiger partial charge in [-0.2, -0.15) is 4.31 Å². The fourth-order valence-electron chi connectivity index (χ4n) is 2.47. The van der Waals surface area contributed by atoms with E-state index in [1.165, 1.54) is 45.2 Å². The van der Waals surface area contributed by atoms with E-state index < -0.39 is 39.0 Å². The first-order valence-electron chi connectivity index (χ1n) is 7.96. The molecule has 28 heavy (non-hydrogen) atoms. The van der Waals surface area contributed by atoms with Crippen LogP contribution in [0.2, 0.25) is 0 Å². The van der Waals surface area contributed by atoms with Crippen LogP contribution in [0.5, 0.6) is 0 Å². The van der Waals surface area contributed by atoms with E-state index in [4.69, 9.17) is 10.9 Å². The number of hydrogen-bond acceptors (Lipinski definition) is 7. The Morgan fingerprint density at radius 3 is 2.25 bits per heavy atom. The topological polar surface area (TPSA) is 118 Å². The summed E-state index contributed by atoms with van der Waals surface area (Å²) < 4.78 is 57.0. The second-order valence-corrected chi connectivity index (χ2v) is 9.68. The van der Waals surface area contributed by atoms with Crippen molar-refractivity contribution < 1.29 is 26.2 Å². The van der Waals surface area contributed by atoms with Crippen molar-refractivity contribution in [1.82, 2.24) is 13.8 Å². The molecule has 0 aliphatic rings. The molecule has 0 saturated carbocycles. The second-order valence-electron chi connectivity index (χ2n) is 5.84. The first-order chi connectivity index (χ1) is 13.0. The number of sulfonamides is 2. The molecule has 9 nitrogen and oxygen atoms in total. The molecule has 1 heterocycles. The molecule has 0 saturated heterocycles. The number of amides is 1. The highest BCUT2D eigenvalue weighted by Crippen LogP contribution is 2.24. The van der Waals surface area contributed by atoms with Crippen molar-refractivity contribution in [1.29, 1.82) is 0 Å². The second kappa shape index (κ2) is 8.14. The molecule has 2 aromatic rings. The Morgan fingerprint density at radius 1 is 1.14 bits per heavy atom. The molecule has 150 valence electrons. The molecular formula is C17H19N3O6S2. The van der Waals surface area contributed by atoms with E-state index in [0.29, 0.717) is 4.31 Å². The van der Waals surface area contributed by atoms with E-state index in [1.54, 1.807) is 6.07 Å². The summed E-state index contributed by atoms with van der Waals surface area (Å²) in [4.78, 5) is 12.4. The minimum absolute atomic E-state index is 0.00224. The average Bonchev–Trinajstić information content (AvgIpc) is 2.99. The first kappa shape index (κ1) is 21.6. The molecule has 0 spiro atoms. The van der Waals surface area contributed by atoms with Crippen LogP contribution in [0.25, 0.3) is 0 Å². The maximum Gasteiger partial charge on any atom is 0.272 e. The molecule has 1 aromatic carbocycles. The summed E-state index contributed by atoms with van der Waals surface area (Å²) in [5.41, 5.74) is 0.0672. The minimum Gasteiger partial charge on any atom is -0.360 e. The molecule has 0 radical (unpaired) electrons. The monoisotopic (exact) mass is 425 g/mol. The third kappa shape index (κ3) is 4.09. The van der Waals surface area contributed by atoms with Gasteiger partial charge in [0.25, 0.3) is 15.9 Å². The van der Waals surface area contributed by atoms with Gasteiger partial charge in [-0.1, -0.05) is 29.3 Å². The van der Waals surface area contributed by atoms with E-state index in [1.807, 2.05) is 0 Å². The fourth-order valence-corrected chi connectivity index (χ4v) is 5.21. The molecule has 0 bridgehead atoms. The van der Waals surface area contributed by atoms with Crippen LogP contribution in [0.1, 0.15) is 11.5 Å². The highest BCUT2D eigenvalue weighted by atomic mass is 32.2. The summed E-state index contributed by atoms with van der Waals surface area (Å²) in [6, 6.07) is 7.46. The number of likely N-dealkylation sites (N-methyl/N-ethyl adjacent to an activating group) is 1. The van der Waals surface area contributed by atoms with Gasteiger partial charge < -0.3 is 4.52 Å². The van der Waals surface area contributed by atoms with Crippen molar-refractivity contribution >= 4 is 26.0 Å². The quantitative estimate of drug-likeness (QED) is 0.601. The van der Waals surface area contributed by atoms with Crippen LogP contribution >= 0.6 is 0 Å². The lowest BCUT2D eigenvalue weighted by atomic mass is 10.4. The predicted molar refractivity (Wildman–Crippen MR) is 100.0 cm³/mol. The highest BCUT2D eigenvalue weighted by molar-refractivity contribution is 7.90. The Kier molecular flexibility index (Phi) is 6.28. The van der Waals surface area contributed by atoms with E-state index in [0.717, 1.165) is 4.31 Å². The van der Waals surface area contributed by atoms with Crippen molar-refractivity contribution in [3.05, 3.63) is 41.8 Å². The molecule has 0 unspecified atom stereocenters. The van der Waals surface area contributed by atoms with E-state index in [-0.39, 0.29) is 21.2 Å². The maximum absolute atomic E-state index is 12.9. The summed E-state index contributed by atoms with van der Waals surface area (Å²) in [5, 5.41) is 3.57. The number of rotatable bonds is 7. The number of aryl methyl sites for hydroxylation is 2. The van der Waals surface area contributed by atoms with Gasteiger partial charge in [0.2, 0.25) is 10.0 Å². The van der Waals surface area contributed by atoms with Crippen molar-refractivity contribution in [2.75, 3.05) is 20.1 Å². The molecule has 0 N–H and O–H groups in total. The molecule has 1 aromatic heterocycles. The Labute approximate surface area is 164 Å². The number of nitrogens with zero attached hydrogens (tertiary/aromatic N) is 3. The van der Waals surface area contributed by atoms with Gasteiger partial charge in [0.1, 0.15) is 5.69 Å². The summed E-state index contributed by atoms with van der Waals surface area (Å²) in [7, 11) is -7.18. The lowest BCUT2D eigenvalue weighted by Crippen LogP contribution is -2.44. The van der Waals surface area contributed by atoms with E-state index >= 15 is 0 Å². The smallest absolute Gasteiger partial charge is 0.272 e. The summed E-state index contributed by atoms with van der Waals surface area (Å²) in [6.07, 6.45) is 5.22. The third-order valence-electron chi connectivity index (χ3n) is 3.84. The maximum atomic E-state index is 12.9. The van der Waals surface area contributed by atoms with Gasteiger partial charge >= 0.3 is 0 Å². The Balaban J connectivity index is 2.35. The van der Waals surface area contributed by atoms with Gasteiger partial charge in [-0.3, -0.25) is 4.79 Å². The van der Waals surface area contributed by atoms with Gasteiger partial charge in [0.05, 0.1) is 18.0 Å². The van der Waals surface area contributed by atoms with Crippen LogP contribution in [-0.2, 0) is 24.8 Å². The SMILES string of the molecule is C#CCN(C(=O)CN(C)S(=O)(=O)c1ccccc1)S(=O)(=O)c1c(C)noc1C. The minimum atomic E-state index is -4.37. The molecule has 0 fully saturated rings. The van der Waals surface area contributed by atoms with Crippen molar-refractivity contribution in [2.24, 2.45) is 0 Å². The standard InChI is InChI=1S/C17H19N3O6S2/c1-5-11-20(28(24,25)17-13(2)18-26-14(17)3)16(21)12-19(4)27(22,23)15-9-7-6-8-10-15/h1,6-10H,11-12H2,2-4H3. The fraction of sp³-hybridized carbons (Fsp3) is 0.294. The molecule has 1 amide bonds. The average molecular weight is 425 g/mol. The van der Waals surface area contributed by atoms with Crippen molar-refractivity contribution in [3.63, 3.8) is 0 Å². The zero-order valence-corrected chi connectivity index (χ0v) is 17.1. The van der Waals surface area contributed by atoms with Gasteiger partial charge in [-0.25, -0.2) is 21.1 Å². The largest absolute Gasteiger partial charge is 0.360 e. The van der Waals surface area contributed by atoms with Crippen LogP contribution in [0.4, 0.5) is 0 Å². The van der Waals surface area contributed by atoms with Crippen molar-refractivity contribution in [2.45, 2.75) is 23.6 Å². The van der Waals surface area contributed by atoms with Gasteiger partial charge in [-0.05, 0) is 26.0 Å². The van der Waals surface area contributed by atoms with Gasteiger partial charge in [0, 0.05) is 7.05 Å². The molecule has 2 rings (SSSR count). The number of terminal acetylenes is 1. The van der Waals surface area contributed by atoms with Crippen molar-refractivity contribution in [3.8, 4) is 12.3 Å². The normalized spacial score (nSPS) is 12.0. The number of benzene rings is 1. The molecule has 0 atom stereocenters. The first-order valence-corrected chi connectivity index (χ1v) is 10.8. The number of aromatic nitrogens is 1. The summed E-state index contributed by atoms with van der Waals surface area (Å²) in [5.74, 6) is 1.10. The van der Waals surface area contributed by atoms with Crippen LogP contribution in [-0.4, -0.2) is 56.6 Å². The zero-order valence-electron chi connectivity index (χ0n) is 15.5. The lowest BCUT2D eigenvalue weighted by Gasteiger charge is -2.23. The number of carbonyl (C=O) groups is 1. The summed E-state index contributed by atoms with van der Waals surface area (Å²) in [6.45, 7) is 1.51. The lowest BCUT2D eigenvalue weighted by molar-refractivity contribution is -0.126. The number of carbonyl (C=O) groups excluding carboxylic acids is 1. The molecular weight excluding hydrogens is 406 g/mol.